The van der Waals surface area contributed by atoms with Crippen LogP contribution in [0, 0.1) is 16.7 Å². The van der Waals surface area contributed by atoms with Gasteiger partial charge in [-0.25, -0.2) is 0 Å². The lowest BCUT2D eigenvalue weighted by Crippen LogP contribution is -2.19. The number of aromatic nitrogens is 2. The smallest absolute Gasteiger partial charge is 0.0762 e. The van der Waals surface area contributed by atoms with Gasteiger partial charge in [0.1, 0.15) is 0 Å². The molecular weight excluding hydrogens is 222 g/mol. The Morgan fingerprint density at radius 3 is 2.33 bits per heavy atom. The Bertz CT molecular complexity index is 401. The maximum atomic E-state index is 4.55. The van der Waals surface area contributed by atoms with Gasteiger partial charge in [-0.1, -0.05) is 27.7 Å². The van der Waals surface area contributed by atoms with Gasteiger partial charge >= 0.3 is 0 Å². The number of nitrogens with one attached hydrogen (secondary N) is 1. The van der Waals surface area contributed by atoms with E-state index in [0.29, 0.717) is 16.9 Å². The Kier molecular flexibility index (Phi) is 3.30. The van der Waals surface area contributed by atoms with E-state index in [2.05, 4.69) is 64.2 Å². The molecule has 0 unspecified atom stereocenters. The summed E-state index contributed by atoms with van der Waals surface area (Å²) in [5.74, 6) is 0.775. The average Bonchev–Trinajstić information content (AvgIpc) is 2.67. The normalized spacial score (nSPS) is 21.5. The fraction of sp³-hybridized carbons (Fsp3) is 0.800. The first kappa shape index (κ1) is 13.6. The molecule has 18 heavy (non-hydrogen) atoms. The van der Waals surface area contributed by atoms with E-state index in [9.17, 15) is 0 Å². The lowest BCUT2D eigenvalue weighted by Gasteiger charge is -2.05. The highest BCUT2D eigenvalue weighted by atomic mass is 15.3. The highest BCUT2D eigenvalue weighted by molar-refractivity contribution is 5.13. The molecule has 1 heterocycles. The molecule has 1 aromatic heterocycles. The van der Waals surface area contributed by atoms with Crippen LogP contribution in [0.3, 0.4) is 0 Å². The van der Waals surface area contributed by atoms with E-state index in [1.165, 1.54) is 0 Å². The SMILES string of the molecule is CC(C)n1ccc(CNCC2C(C)(C)C2(C)C)n1. The molecule has 3 heteroatoms. The van der Waals surface area contributed by atoms with Crippen molar-refractivity contribution < 1.29 is 0 Å². The molecule has 1 aliphatic carbocycles. The zero-order valence-electron chi connectivity index (χ0n) is 12.6. The zero-order valence-corrected chi connectivity index (χ0v) is 12.6. The second-order valence-electron chi connectivity index (χ2n) is 7.01. The second kappa shape index (κ2) is 4.37. The fourth-order valence-corrected chi connectivity index (χ4v) is 2.95. The number of nitrogens with zero attached hydrogens (tertiary/aromatic N) is 2. The summed E-state index contributed by atoms with van der Waals surface area (Å²) in [5.41, 5.74) is 2.08. The molecule has 0 aliphatic heterocycles. The third-order valence-corrected chi connectivity index (χ3v) is 5.17. The van der Waals surface area contributed by atoms with Crippen LogP contribution < -0.4 is 5.32 Å². The molecule has 1 saturated carbocycles. The molecule has 1 N–H and O–H groups in total. The lowest BCUT2D eigenvalue weighted by atomic mass is 10.0. The number of hydrogen-bond acceptors (Lipinski definition) is 2. The average molecular weight is 249 g/mol. The summed E-state index contributed by atoms with van der Waals surface area (Å²) in [4.78, 5) is 0. The second-order valence-corrected chi connectivity index (χ2v) is 7.01. The van der Waals surface area contributed by atoms with Gasteiger partial charge in [0.2, 0.25) is 0 Å². The van der Waals surface area contributed by atoms with Crippen molar-refractivity contribution in [2.24, 2.45) is 16.7 Å². The number of rotatable bonds is 5. The minimum absolute atomic E-state index is 0.444. The van der Waals surface area contributed by atoms with Gasteiger partial charge in [-0.2, -0.15) is 5.10 Å². The van der Waals surface area contributed by atoms with E-state index in [-0.39, 0.29) is 0 Å². The molecule has 2 rings (SSSR count). The van der Waals surface area contributed by atoms with E-state index in [4.69, 9.17) is 0 Å². The molecule has 1 aromatic rings. The molecule has 0 aromatic carbocycles. The molecule has 0 amide bonds. The highest BCUT2D eigenvalue weighted by Gasteiger charge is 2.63. The summed E-state index contributed by atoms with van der Waals surface area (Å²) >= 11 is 0. The van der Waals surface area contributed by atoms with Crippen LogP contribution in [0.2, 0.25) is 0 Å². The van der Waals surface area contributed by atoms with Crippen LogP contribution in [-0.2, 0) is 6.54 Å². The van der Waals surface area contributed by atoms with Gasteiger partial charge in [0.15, 0.2) is 0 Å². The molecule has 0 saturated heterocycles. The zero-order chi connectivity index (χ0) is 13.6. The molecule has 1 aliphatic rings. The molecule has 0 bridgehead atoms. The Labute approximate surface area is 111 Å². The van der Waals surface area contributed by atoms with Crippen molar-refractivity contribution in [3.8, 4) is 0 Å². The van der Waals surface area contributed by atoms with Gasteiger partial charge in [0, 0.05) is 18.8 Å². The van der Waals surface area contributed by atoms with Gasteiger partial charge in [-0.3, -0.25) is 4.68 Å². The van der Waals surface area contributed by atoms with Crippen molar-refractivity contribution in [1.82, 2.24) is 15.1 Å². The molecular formula is C15H27N3. The van der Waals surface area contributed by atoms with E-state index in [1.807, 2.05) is 4.68 Å². The van der Waals surface area contributed by atoms with Gasteiger partial charge in [0.25, 0.3) is 0 Å². The van der Waals surface area contributed by atoms with E-state index >= 15 is 0 Å². The predicted molar refractivity (Wildman–Crippen MR) is 75.4 cm³/mol. The summed E-state index contributed by atoms with van der Waals surface area (Å²) in [6.45, 7) is 15.7. The largest absolute Gasteiger partial charge is 0.311 e. The molecule has 3 nitrogen and oxygen atoms in total. The van der Waals surface area contributed by atoms with Crippen molar-refractivity contribution >= 4 is 0 Å². The van der Waals surface area contributed by atoms with Gasteiger partial charge in [0.05, 0.1) is 5.69 Å². The van der Waals surface area contributed by atoms with Crippen LogP contribution in [0.4, 0.5) is 0 Å². The van der Waals surface area contributed by atoms with Crippen LogP contribution >= 0.6 is 0 Å². The van der Waals surface area contributed by atoms with Crippen LogP contribution in [0.1, 0.15) is 53.3 Å². The van der Waals surface area contributed by atoms with Crippen molar-refractivity contribution in [2.45, 2.75) is 54.1 Å². The molecule has 1 fully saturated rings. The van der Waals surface area contributed by atoms with Gasteiger partial charge in [-0.05, 0) is 43.2 Å². The van der Waals surface area contributed by atoms with Gasteiger partial charge < -0.3 is 5.32 Å². The van der Waals surface area contributed by atoms with Crippen molar-refractivity contribution in [3.05, 3.63) is 18.0 Å². The number of hydrogen-bond donors (Lipinski definition) is 1. The quantitative estimate of drug-likeness (QED) is 0.868. The minimum Gasteiger partial charge on any atom is -0.311 e. The molecule has 0 spiro atoms. The monoisotopic (exact) mass is 249 g/mol. The van der Waals surface area contributed by atoms with Crippen molar-refractivity contribution in [1.29, 1.82) is 0 Å². The van der Waals surface area contributed by atoms with Gasteiger partial charge in [-0.15, -0.1) is 0 Å². The first-order valence-electron chi connectivity index (χ1n) is 7.01. The third-order valence-electron chi connectivity index (χ3n) is 5.17. The maximum Gasteiger partial charge on any atom is 0.0762 e. The third kappa shape index (κ3) is 2.20. The molecule has 102 valence electrons. The van der Waals surface area contributed by atoms with Crippen LogP contribution in [0.5, 0.6) is 0 Å². The lowest BCUT2D eigenvalue weighted by molar-refractivity contribution is 0.457. The first-order chi connectivity index (χ1) is 8.26. The standard InChI is InChI=1S/C15H27N3/c1-11(2)18-8-7-12(17-18)9-16-10-13-14(3,4)15(13,5)6/h7-8,11,13,16H,9-10H2,1-6H3. The Morgan fingerprint density at radius 1 is 1.28 bits per heavy atom. The first-order valence-corrected chi connectivity index (χ1v) is 7.01. The summed E-state index contributed by atoms with van der Waals surface area (Å²) in [6, 6.07) is 2.55. The van der Waals surface area contributed by atoms with E-state index < -0.39 is 0 Å². The van der Waals surface area contributed by atoms with Crippen LogP contribution in [0.25, 0.3) is 0 Å². The summed E-state index contributed by atoms with van der Waals surface area (Å²) in [5, 5.41) is 8.11. The van der Waals surface area contributed by atoms with E-state index in [0.717, 1.165) is 24.7 Å². The van der Waals surface area contributed by atoms with E-state index in [1.54, 1.807) is 0 Å². The van der Waals surface area contributed by atoms with Crippen molar-refractivity contribution in [3.63, 3.8) is 0 Å². The fourth-order valence-electron chi connectivity index (χ4n) is 2.95. The summed E-state index contributed by atoms with van der Waals surface area (Å²) in [6.07, 6.45) is 2.06. The Hall–Kier alpha value is -0.830. The molecule has 0 atom stereocenters. The Morgan fingerprint density at radius 2 is 1.89 bits per heavy atom. The minimum atomic E-state index is 0.444. The molecule has 0 radical (unpaired) electrons. The predicted octanol–water partition coefficient (Wildman–Crippen LogP) is 3.24. The summed E-state index contributed by atoms with van der Waals surface area (Å²) < 4.78 is 2.02. The van der Waals surface area contributed by atoms with Crippen LogP contribution in [-0.4, -0.2) is 16.3 Å². The van der Waals surface area contributed by atoms with Crippen molar-refractivity contribution in [2.75, 3.05) is 6.54 Å². The highest BCUT2D eigenvalue weighted by Crippen LogP contribution is 2.67. The summed E-state index contributed by atoms with van der Waals surface area (Å²) in [7, 11) is 0. The maximum absolute atomic E-state index is 4.55. The Balaban J connectivity index is 1.80. The van der Waals surface area contributed by atoms with Crippen LogP contribution in [0.15, 0.2) is 12.3 Å². The topological polar surface area (TPSA) is 29.9 Å².